The predicted molar refractivity (Wildman–Crippen MR) is 108 cm³/mol. The van der Waals surface area contributed by atoms with E-state index >= 15 is 0 Å². The number of H-pyrrole nitrogens is 1. The fourth-order valence-electron chi connectivity index (χ4n) is 2.53. The number of aromatic amines is 1. The zero-order valence-electron chi connectivity index (χ0n) is 14.6. The molecular formula is C19H20ClN3O2S. The number of para-hydroxylation sites is 3. The van der Waals surface area contributed by atoms with Crippen LogP contribution in [0.5, 0.6) is 5.75 Å². The van der Waals surface area contributed by atoms with Gasteiger partial charge in [-0.25, -0.2) is 4.98 Å². The Labute approximate surface area is 161 Å². The normalized spacial score (nSPS) is 12.1. The number of hydrogen-bond donors (Lipinski definition) is 2. The number of ether oxygens (including phenoxy) is 1. The van der Waals surface area contributed by atoms with Gasteiger partial charge in [-0.05, 0) is 38.1 Å². The summed E-state index contributed by atoms with van der Waals surface area (Å²) in [5.41, 5.74) is 2.51. The summed E-state index contributed by atoms with van der Waals surface area (Å²) in [5.74, 6) is 1.55. The molecule has 0 saturated heterocycles. The second-order valence-electron chi connectivity index (χ2n) is 5.69. The highest BCUT2D eigenvalue weighted by Crippen LogP contribution is 2.33. The Morgan fingerprint density at radius 3 is 2.88 bits per heavy atom. The third-order valence-electron chi connectivity index (χ3n) is 3.79. The first-order valence-electron chi connectivity index (χ1n) is 8.36. The van der Waals surface area contributed by atoms with Crippen LogP contribution < -0.4 is 10.1 Å². The SMILES string of the molecule is CCOc1c(Cl)cccc1NC(=O)CSC(C)c1nc2ccccc2[nH]1. The van der Waals surface area contributed by atoms with Crippen LogP contribution in [0.4, 0.5) is 5.69 Å². The summed E-state index contributed by atoms with van der Waals surface area (Å²) in [7, 11) is 0. The lowest BCUT2D eigenvalue weighted by Crippen LogP contribution is -2.15. The number of carbonyl (C=O) groups excluding carboxylic acids is 1. The van der Waals surface area contributed by atoms with Gasteiger partial charge in [0.15, 0.2) is 5.75 Å². The number of carbonyl (C=O) groups is 1. The lowest BCUT2D eigenvalue weighted by Gasteiger charge is -2.13. The van der Waals surface area contributed by atoms with Crippen molar-refractivity contribution >= 4 is 46.0 Å². The van der Waals surface area contributed by atoms with Crippen molar-refractivity contribution in [2.24, 2.45) is 0 Å². The molecule has 0 aliphatic rings. The van der Waals surface area contributed by atoms with Gasteiger partial charge in [0.05, 0.1) is 39.4 Å². The van der Waals surface area contributed by atoms with Gasteiger partial charge in [-0.3, -0.25) is 4.79 Å². The van der Waals surface area contributed by atoms with Gasteiger partial charge in [-0.2, -0.15) is 0 Å². The molecule has 2 aromatic carbocycles. The molecular weight excluding hydrogens is 370 g/mol. The Hall–Kier alpha value is -2.18. The smallest absolute Gasteiger partial charge is 0.234 e. The lowest BCUT2D eigenvalue weighted by molar-refractivity contribution is -0.113. The molecule has 1 amide bonds. The van der Waals surface area contributed by atoms with E-state index in [0.29, 0.717) is 28.8 Å². The number of imidazole rings is 1. The van der Waals surface area contributed by atoms with E-state index < -0.39 is 0 Å². The number of rotatable bonds is 7. The van der Waals surface area contributed by atoms with Gasteiger partial charge in [0, 0.05) is 0 Å². The van der Waals surface area contributed by atoms with Crippen LogP contribution in [0, 0.1) is 0 Å². The molecule has 0 aliphatic heterocycles. The zero-order chi connectivity index (χ0) is 18.5. The number of amides is 1. The van der Waals surface area contributed by atoms with Crippen LogP contribution in [0.3, 0.4) is 0 Å². The first kappa shape index (κ1) is 18.6. The van der Waals surface area contributed by atoms with Gasteiger partial charge in [0.2, 0.25) is 5.91 Å². The monoisotopic (exact) mass is 389 g/mol. The molecule has 3 aromatic rings. The molecule has 0 saturated carbocycles. The quantitative estimate of drug-likeness (QED) is 0.593. The number of nitrogens with zero attached hydrogens (tertiary/aromatic N) is 1. The van der Waals surface area contributed by atoms with E-state index in [-0.39, 0.29) is 11.2 Å². The highest BCUT2D eigenvalue weighted by molar-refractivity contribution is 8.00. The molecule has 0 radical (unpaired) electrons. The average molecular weight is 390 g/mol. The minimum atomic E-state index is -0.110. The number of aromatic nitrogens is 2. The molecule has 7 heteroatoms. The van der Waals surface area contributed by atoms with Gasteiger partial charge < -0.3 is 15.0 Å². The van der Waals surface area contributed by atoms with E-state index in [1.54, 1.807) is 18.2 Å². The predicted octanol–water partition coefficient (Wildman–Crippen LogP) is 5.05. The Morgan fingerprint density at radius 2 is 2.12 bits per heavy atom. The second-order valence-corrected chi connectivity index (χ2v) is 7.43. The van der Waals surface area contributed by atoms with Crippen molar-refractivity contribution in [2.45, 2.75) is 19.1 Å². The van der Waals surface area contributed by atoms with Crippen molar-refractivity contribution in [3.63, 3.8) is 0 Å². The fourth-order valence-corrected chi connectivity index (χ4v) is 3.50. The fraction of sp³-hybridized carbons (Fsp3) is 0.263. The standard InChI is InChI=1S/C19H20ClN3O2S/c1-3-25-18-13(20)7-6-10-16(18)21-17(24)11-26-12(2)19-22-14-8-4-5-9-15(14)23-19/h4-10,12H,3,11H2,1-2H3,(H,21,24)(H,22,23). The van der Waals surface area contributed by atoms with Gasteiger partial charge >= 0.3 is 0 Å². The number of fused-ring (bicyclic) bond motifs is 1. The molecule has 5 nitrogen and oxygen atoms in total. The van der Waals surface area contributed by atoms with E-state index in [0.717, 1.165) is 16.9 Å². The Morgan fingerprint density at radius 1 is 1.31 bits per heavy atom. The van der Waals surface area contributed by atoms with E-state index in [1.807, 2.05) is 38.1 Å². The van der Waals surface area contributed by atoms with Crippen LogP contribution in [-0.4, -0.2) is 28.2 Å². The summed E-state index contributed by atoms with van der Waals surface area (Å²) >= 11 is 7.66. The Kier molecular flexibility index (Phi) is 6.06. The van der Waals surface area contributed by atoms with Crippen molar-refractivity contribution in [3.8, 4) is 5.75 Å². The van der Waals surface area contributed by atoms with Crippen molar-refractivity contribution in [1.29, 1.82) is 0 Å². The molecule has 1 unspecified atom stereocenters. The van der Waals surface area contributed by atoms with Crippen molar-refractivity contribution < 1.29 is 9.53 Å². The van der Waals surface area contributed by atoms with Crippen LogP contribution in [0.1, 0.15) is 24.9 Å². The molecule has 0 fully saturated rings. The number of halogens is 1. The minimum absolute atomic E-state index is 0.0684. The van der Waals surface area contributed by atoms with Crippen molar-refractivity contribution in [2.75, 3.05) is 17.7 Å². The minimum Gasteiger partial charge on any atom is -0.490 e. The summed E-state index contributed by atoms with van der Waals surface area (Å²) in [6.07, 6.45) is 0. The van der Waals surface area contributed by atoms with E-state index in [1.165, 1.54) is 11.8 Å². The highest BCUT2D eigenvalue weighted by Gasteiger charge is 2.15. The summed E-state index contributed by atoms with van der Waals surface area (Å²) < 4.78 is 5.53. The maximum Gasteiger partial charge on any atom is 0.234 e. The van der Waals surface area contributed by atoms with Gasteiger partial charge in [0.1, 0.15) is 5.82 Å². The van der Waals surface area contributed by atoms with Crippen LogP contribution in [0.15, 0.2) is 42.5 Å². The second kappa shape index (κ2) is 8.47. The van der Waals surface area contributed by atoms with Gasteiger partial charge in [0.25, 0.3) is 0 Å². The van der Waals surface area contributed by atoms with Crippen molar-refractivity contribution in [1.82, 2.24) is 9.97 Å². The summed E-state index contributed by atoms with van der Waals surface area (Å²) in [6, 6.07) is 13.2. The van der Waals surface area contributed by atoms with Crippen LogP contribution in [-0.2, 0) is 4.79 Å². The molecule has 1 atom stereocenters. The van der Waals surface area contributed by atoms with Crippen LogP contribution in [0.2, 0.25) is 5.02 Å². The topological polar surface area (TPSA) is 67.0 Å². The maximum atomic E-state index is 12.3. The number of benzene rings is 2. The first-order valence-corrected chi connectivity index (χ1v) is 9.78. The molecule has 0 aliphatic carbocycles. The molecule has 2 N–H and O–H groups in total. The third-order valence-corrected chi connectivity index (χ3v) is 5.24. The van der Waals surface area contributed by atoms with E-state index in [2.05, 4.69) is 15.3 Å². The molecule has 0 spiro atoms. The lowest BCUT2D eigenvalue weighted by atomic mass is 10.3. The van der Waals surface area contributed by atoms with E-state index in [4.69, 9.17) is 16.3 Å². The van der Waals surface area contributed by atoms with Crippen molar-refractivity contribution in [3.05, 3.63) is 53.3 Å². The molecule has 1 heterocycles. The molecule has 0 bridgehead atoms. The zero-order valence-corrected chi connectivity index (χ0v) is 16.2. The molecule has 136 valence electrons. The summed E-state index contributed by atoms with van der Waals surface area (Å²) in [6.45, 7) is 4.38. The molecule has 3 rings (SSSR count). The van der Waals surface area contributed by atoms with Gasteiger partial charge in [-0.1, -0.05) is 29.8 Å². The van der Waals surface area contributed by atoms with Crippen LogP contribution in [0.25, 0.3) is 11.0 Å². The maximum absolute atomic E-state index is 12.3. The Bertz CT molecular complexity index is 880. The number of thioether (sulfide) groups is 1. The largest absolute Gasteiger partial charge is 0.490 e. The third kappa shape index (κ3) is 4.31. The Balaban J connectivity index is 1.61. The summed E-state index contributed by atoms with van der Waals surface area (Å²) in [4.78, 5) is 20.2. The summed E-state index contributed by atoms with van der Waals surface area (Å²) in [5, 5.41) is 3.42. The number of hydrogen-bond acceptors (Lipinski definition) is 4. The van der Waals surface area contributed by atoms with Crippen LogP contribution >= 0.6 is 23.4 Å². The molecule has 26 heavy (non-hydrogen) atoms. The van der Waals surface area contributed by atoms with E-state index in [9.17, 15) is 4.79 Å². The molecule has 1 aromatic heterocycles. The van der Waals surface area contributed by atoms with Gasteiger partial charge in [-0.15, -0.1) is 11.8 Å². The number of nitrogens with one attached hydrogen (secondary N) is 2. The first-order chi connectivity index (χ1) is 12.6. The highest BCUT2D eigenvalue weighted by atomic mass is 35.5. The number of anilines is 1. The average Bonchev–Trinajstić information content (AvgIpc) is 3.07.